The molecule has 1 amide bonds. The van der Waals surface area contributed by atoms with Crippen molar-refractivity contribution in [2.75, 3.05) is 6.54 Å². The molecule has 0 aliphatic carbocycles. The fourth-order valence-corrected chi connectivity index (χ4v) is 1.47. The summed E-state index contributed by atoms with van der Waals surface area (Å²) in [5.74, 6) is -0.700. The van der Waals surface area contributed by atoms with Crippen LogP contribution in [-0.2, 0) is 17.9 Å². The summed E-state index contributed by atoms with van der Waals surface area (Å²) in [6.45, 7) is 0.465. The fraction of sp³-hybridized carbons (Fsp3) is 0.462. The quantitative estimate of drug-likeness (QED) is 0.741. The van der Waals surface area contributed by atoms with E-state index in [0.717, 1.165) is 11.1 Å². The number of halogens is 3. The van der Waals surface area contributed by atoms with E-state index in [-0.39, 0.29) is 6.61 Å². The van der Waals surface area contributed by atoms with Crippen molar-refractivity contribution in [1.29, 1.82) is 0 Å². The van der Waals surface area contributed by atoms with Gasteiger partial charge in [-0.15, -0.1) is 0 Å². The van der Waals surface area contributed by atoms with E-state index in [4.69, 9.17) is 5.11 Å². The Balaban J connectivity index is 2.38. The van der Waals surface area contributed by atoms with Crippen LogP contribution in [0.25, 0.3) is 0 Å². The van der Waals surface area contributed by atoms with Gasteiger partial charge in [0.2, 0.25) is 5.91 Å². The number of alkyl halides is 3. The highest BCUT2D eigenvalue weighted by atomic mass is 19.4. The molecule has 1 aromatic carbocycles. The maximum Gasteiger partial charge on any atom is 0.405 e. The molecule has 112 valence electrons. The smallest absolute Gasteiger partial charge is 0.392 e. The van der Waals surface area contributed by atoms with Gasteiger partial charge in [0.25, 0.3) is 0 Å². The zero-order valence-electron chi connectivity index (χ0n) is 11.0. The lowest BCUT2D eigenvalue weighted by Gasteiger charge is -2.15. The van der Waals surface area contributed by atoms with Gasteiger partial charge < -0.3 is 15.7 Å². The van der Waals surface area contributed by atoms with E-state index in [2.05, 4.69) is 5.32 Å². The Morgan fingerprint density at radius 1 is 1.25 bits per heavy atom. The topological polar surface area (TPSA) is 61.4 Å². The lowest BCUT2D eigenvalue weighted by atomic mass is 10.1. The molecule has 0 bridgehead atoms. The highest BCUT2D eigenvalue weighted by Crippen LogP contribution is 2.12. The molecule has 0 aromatic heterocycles. The summed E-state index contributed by atoms with van der Waals surface area (Å²) in [7, 11) is 0. The zero-order chi connectivity index (χ0) is 15.2. The van der Waals surface area contributed by atoms with Crippen molar-refractivity contribution in [2.24, 2.45) is 0 Å². The number of rotatable bonds is 6. The van der Waals surface area contributed by atoms with Gasteiger partial charge in [-0.05, 0) is 18.1 Å². The number of benzene rings is 1. The van der Waals surface area contributed by atoms with Crippen molar-refractivity contribution in [1.82, 2.24) is 10.6 Å². The van der Waals surface area contributed by atoms with E-state index in [1.54, 1.807) is 24.3 Å². The van der Waals surface area contributed by atoms with Crippen LogP contribution in [0.1, 0.15) is 18.1 Å². The number of nitrogens with one attached hydrogen (secondary N) is 2. The van der Waals surface area contributed by atoms with E-state index in [9.17, 15) is 18.0 Å². The molecular formula is C13H17F3N2O2. The van der Waals surface area contributed by atoms with E-state index < -0.39 is 24.7 Å². The minimum atomic E-state index is -4.41. The Morgan fingerprint density at radius 2 is 1.80 bits per heavy atom. The summed E-state index contributed by atoms with van der Waals surface area (Å²) >= 11 is 0. The number of hydrogen-bond donors (Lipinski definition) is 3. The van der Waals surface area contributed by atoms with E-state index in [1.807, 2.05) is 5.32 Å². The molecule has 0 spiro atoms. The average molecular weight is 290 g/mol. The third-order valence-electron chi connectivity index (χ3n) is 2.67. The van der Waals surface area contributed by atoms with Crippen LogP contribution in [0.5, 0.6) is 0 Å². The predicted molar refractivity (Wildman–Crippen MR) is 67.7 cm³/mol. The molecule has 0 saturated heterocycles. The maximum absolute atomic E-state index is 11.9. The van der Waals surface area contributed by atoms with Crippen LogP contribution in [0, 0.1) is 0 Å². The van der Waals surface area contributed by atoms with Crippen molar-refractivity contribution >= 4 is 5.91 Å². The molecule has 0 saturated carbocycles. The van der Waals surface area contributed by atoms with Crippen LogP contribution in [0.2, 0.25) is 0 Å². The third-order valence-corrected chi connectivity index (χ3v) is 2.67. The summed E-state index contributed by atoms with van der Waals surface area (Å²) in [6, 6.07) is 6.31. The second-order valence-electron chi connectivity index (χ2n) is 4.41. The third kappa shape index (κ3) is 6.03. The van der Waals surface area contributed by atoms with Crippen molar-refractivity contribution < 1.29 is 23.1 Å². The first-order chi connectivity index (χ1) is 9.31. The van der Waals surface area contributed by atoms with Gasteiger partial charge in [-0.3, -0.25) is 4.79 Å². The minimum absolute atomic E-state index is 0.0516. The first-order valence-corrected chi connectivity index (χ1v) is 6.08. The molecule has 0 heterocycles. The van der Waals surface area contributed by atoms with Gasteiger partial charge >= 0.3 is 6.18 Å². The van der Waals surface area contributed by atoms with Gasteiger partial charge in [-0.25, -0.2) is 0 Å². The predicted octanol–water partition coefficient (Wildman–Crippen LogP) is 1.34. The van der Waals surface area contributed by atoms with Crippen LogP contribution in [0.4, 0.5) is 13.2 Å². The van der Waals surface area contributed by atoms with Gasteiger partial charge in [-0.1, -0.05) is 24.3 Å². The molecule has 3 N–H and O–H groups in total. The van der Waals surface area contributed by atoms with Gasteiger partial charge in [0.05, 0.1) is 12.6 Å². The Bertz CT molecular complexity index is 432. The van der Waals surface area contributed by atoms with Crippen LogP contribution in [0.3, 0.4) is 0 Å². The Morgan fingerprint density at radius 3 is 2.30 bits per heavy atom. The first kappa shape index (κ1) is 16.5. The molecule has 0 fully saturated rings. The van der Waals surface area contributed by atoms with Crippen LogP contribution in [0.15, 0.2) is 24.3 Å². The Hall–Kier alpha value is -1.60. The van der Waals surface area contributed by atoms with Crippen molar-refractivity contribution in [3.63, 3.8) is 0 Å². The molecule has 1 atom stereocenters. The van der Waals surface area contributed by atoms with Crippen molar-refractivity contribution in [3.8, 4) is 0 Å². The van der Waals surface area contributed by atoms with Crippen LogP contribution in [-0.4, -0.2) is 29.8 Å². The van der Waals surface area contributed by atoms with Crippen molar-refractivity contribution in [3.05, 3.63) is 35.4 Å². The fourth-order valence-electron chi connectivity index (χ4n) is 1.47. The molecule has 1 rings (SSSR count). The standard InChI is InChI=1S/C13H17F3N2O2/c1-9(12(20)18-8-13(14,15)16)17-6-10-2-4-11(7-19)5-3-10/h2-5,9,17,19H,6-8H2,1H3,(H,18,20). The second-order valence-corrected chi connectivity index (χ2v) is 4.41. The molecular weight excluding hydrogens is 273 g/mol. The number of aliphatic hydroxyl groups excluding tert-OH is 1. The minimum Gasteiger partial charge on any atom is -0.392 e. The lowest BCUT2D eigenvalue weighted by molar-refractivity contribution is -0.139. The summed E-state index contributed by atoms with van der Waals surface area (Å²) in [5, 5.41) is 13.5. The summed E-state index contributed by atoms with van der Waals surface area (Å²) in [4.78, 5) is 11.4. The monoisotopic (exact) mass is 290 g/mol. The lowest BCUT2D eigenvalue weighted by Crippen LogP contribution is -2.44. The molecule has 0 aliphatic heterocycles. The van der Waals surface area contributed by atoms with Crippen molar-refractivity contribution in [2.45, 2.75) is 32.3 Å². The number of hydrogen-bond acceptors (Lipinski definition) is 3. The molecule has 4 nitrogen and oxygen atoms in total. The summed E-state index contributed by atoms with van der Waals surface area (Å²) in [5.41, 5.74) is 1.64. The first-order valence-electron chi connectivity index (χ1n) is 6.08. The zero-order valence-corrected chi connectivity index (χ0v) is 11.0. The Labute approximate surface area is 115 Å². The number of amides is 1. The van der Waals surface area contributed by atoms with Crippen LogP contribution >= 0.6 is 0 Å². The summed E-state index contributed by atoms with van der Waals surface area (Å²) in [6.07, 6.45) is -4.41. The van der Waals surface area contributed by atoms with Crippen LogP contribution < -0.4 is 10.6 Å². The average Bonchev–Trinajstić information content (AvgIpc) is 2.41. The van der Waals surface area contributed by atoms with E-state index >= 15 is 0 Å². The number of aliphatic hydroxyl groups is 1. The molecule has 0 aliphatic rings. The maximum atomic E-state index is 11.9. The molecule has 7 heteroatoms. The number of carbonyl (C=O) groups excluding carboxylic acids is 1. The Kier molecular flexibility index (Phi) is 5.97. The SMILES string of the molecule is CC(NCc1ccc(CO)cc1)C(=O)NCC(F)(F)F. The normalized spacial score (nSPS) is 13.1. The largest absolute Gasteiger partial charge is 0.405 e. The van der Waals surface area contributed by atoms with Gasteiger partial charge in [-0.2, -0.15) is 13.2 Å². The molecule has 1 unspecified atom stereocenters. The second kappa shape index (κ2) is 7.25. The molecule has 0 radical (unpaired) electrons. The van der Waals surface area contributed by atoms with E-state index in [1.165, 1.54) is 6.92 Å². The molecule has 1 aromatic rings. The van der Waals surface area contributed by atoms with Gasteiger partial charge in [0, 0.05) is 6.54 Å². The number of carbonyl (C=O) groups is 1. The highest BCUT2D eigenvalue weighted by Gasteiger charge is 2.28. The summed E-state index contributed by atoms with van der Waals surface area (Å²) < 4.78 is 35.8. The van der Waals surface area contributed by atoms with Gasteiger partial charge in [0.1, 0.15) is 6.54 Å². The highest BCUT2D eigenvalue weighted by molar-refractivity contribution is 5.81. The van der Waals surface area contributed by atoms with E-state index in [0.29, 0.717) is 6.54 Å². The molecule has 20 heavy (non-hydrogen) atoms. The van der Waals surface area contributed by atoms with Gasteiger partial charge in [0.15, 0.2) is 0 Å².